The fourth-order valence-corrected chi connectivity index (χ4v) is 2.15. The highest BCUT2D eigenvalue weighted by molar-refractivity contribution is 4.90. The first-order valence-corrected chi connectivity index (χ1v) is 5.12. The summed E-state index contributed by atoms with van der Waals surface area (Å²) in [7, 11) is 0. The molecule has 1 unspecified atom stereocenters. The second-order valence-electron chi connectivity index (χ2n) is 3.87. The highest BCUT2D eigenvalue weighted by atomic mass is 16.5. The van der Waals surface area contributed by atoms with Crippen molar-refractivity contribution in [2.45, 2.75) is 38.7 Å². The van der Waals surface area contributed by atoms with Crippen LogP contribution in [-0.2, 0) is 4.74 Å². The molecule has 0 aromatic carbocycles. The van der Waals surface area contributed by atoms with E-state index in [0.717, 1.165) is 25.7 Å². The Balaban J connectivity index is 2.63. The molecule has 1 atom stereocenters. The van der Waals surface area contributed by atoms with Gasteiger partial charge in [0.15, 0.2) is 0 Å². The number of aliphatic hydroxyl groups excluding tert-OH is 2. The summed E-state index contributed by atoms with van der Waals surface area (Å²) in [4.78, 5) is 0. The monoisotopic (exact) mass is 188 g/mol. The van der Waals surface area contributed by atoms with E-state index in [2.05, 4.69) is 0 Å². The van der Waals surface area contributed by atoms with Gasteiger partial charge >= 0.3 is 0 Å². The van der Waals surface area contributed by atoms with Gasteiger partial charge < -0.3 is 14.9 Å². The Hall–Kier alpha value is -0.120. The third kappa shape index (κ3) is 2.22. The molecule has 0 aliphatic heterocycles. The van der Waals surface area contributed by atoms with E-state index >= 15 is 0 Å². The van der Waals surface area contributed by atoms with E-state index < -0.39 is 0 Å². The maximum absolute atomic E-state index is 9.30. The fraction of sp³-hybridized carbons (Fsp3) is 1.00. The van der Waals surface area contributed by atoms with Crippen molar-refractivity contribution in [2.24, 2.45) is 5.41 Å². The summed E-state index contributed by atoms with van der Waals surface area (Å²) in [5.41, 5.74) is -0.381. The van der Waals surface area contributed by atoms with Gasteiger partial charge in [-0.2, -0.15) is 0 Å². The number of aliphatic hydroxyl groups is 2. The second-order valence-corrected chi connectivity index (χ2v) is 3.87. The first-order valence-electron chi connectivity index (χ1n) is 5.12. The van der Waals surface area contributed by atoms with Gasteiger partial charge in [-0.1, -0.05) is 12.8 Å². The fourth-order valence-electron chi connectivity index (χ4n) is 2.15. The molecule has 2 N–H and O–H groups in total. The summed E-state index contributed by atoms with van der Waals surface area (Å²) in [5.74, 6) is 0. The number of hydrogen-bond acceptors (Lipinski definition) is 3. The quantitative estimate of drug-likeness (QED) is 0.690. The Morgan fingerprint density at radius 3 is 2.54 bits per heavy atom. The zero-order valence-electron chi connectivity index (χ0n) is 8.33. The lowest BCUT2D eigenvalue weighted by atomic mass is 9.73. The van der Waals surface area contributed by atoms with Crippen LogP contribution in [0.2, 0.25) is 0 Å². The molecule has 0 bridgehead atoms. The Kier molecular flexibility index (Phi) is 4.16. The topological polar surface area (TPSA) is 49.7 Å². The lowest BCUT2D eigenvalue weighted by Gasteiger charge is -2.41. The Labute approximate surface area is 79.7 Å². The Morgan fingerprint density at radius 2 is 2.00 bits per heavy atom. The van der Waals surface area contributed by atoms with Crippen LogP contribution in [0.4, 0.5) is 0 Å². The average molecular weight is 188 g/mol. The van der Waals surface area contributed by atoms with Crippen LogP contribution in [0.15, 0.2) is 0 Å². The molecule has 0 aromatic heterocycles. The van der Waals surface area contributed by atoms with Gasteiger partial charge in [0.1, 0.15) is 0 Å². The van der Waals surface area contributed by atoms with Crippen LogP contribution in [0, 0.1) is 5.41 Å². The van der Waals surface area contributed by atoms with Crippen LogP contribution >= 0.6 is 0 Å². The summed E-state index contributed by atoms with van der Waals surface area (Å²) >= 11 is 0. The molecule has 13 heavy (non-hydrogen) atoms. The Morgan fingerprint density at radius 1 is 1.31 bits per heavy atom. The van der Waals surface area contributed by atoms with Crippen molar-refractivity contribution in [1.29, 1.82) is 0 Å². The summed E-state index contributed by atoms with van der Waals surface area (Å²) in [6.45, 7) is 2.68. The predicted molar refractivity (Wildman–Crippen MR) is 50.5 cm³/mol. The minimum atomic E-state index is -0.381. The van der Waals surface area contributed by atoms with Gasteiger partial charge in [-0.05, 0) is 19.8 Å². The van der Waals surface area contributed by atoms with Gasteiger partial charge in [0, 0.05) is 12.0 Å². The molecule has 0 spiro atoms. The molecule has 0 amide bonds. The molecule has 1 saturated carbocycles. The molecule has 1 fully saturated rings. The largest absolute Gasteiger partial charge is 0.396 e. The molecule has 0 aromatic rings. The van der Waals surface area contributed by atoms with Gasteiger partial charge in [0.25, 0.3) is 0 Å². The minimum absolute atomic E-state index is 0.0359. The molecule has 0 heterocycles. The summed E-state index contributed by atoms with van der Waals surface area (Å²) in [6, 6.07) is 0. The molecule has 78 valence electrons. The molecule has 0 saturated heterocycles. The van der Waals surface area contributed by atoms with E-state index in [0.29, 0.717) is 6.61 Å². The highest BCUT2D eigenvalue weighted by Crippen LogP contribution is 2.37. The zero-order chi connectivity index (χ0) is 9.73. The van der Waals surface area contributed by atoms with Gasteiger partial charge in [-0.15, -0.1) is 0 Å². The van der Waals surface area contributed by atoms with Crippen molar-refractivity contribution in [3.05, 3.63) is 0 Å². The predicted octanol–water partition coefficient (Wildman–Crippen LogP) is 0.936. The average Bonchev–Trinajstić information content (AvgIpc) is 2.20. The van der Waals surface area contributed by atoms with E-state index in [1.54, 1.807) is 0 Å². The lowest BCUT2D eigenvalue weighted by molar-refractivity contribution is -0.109. The molecule has 3 nitrogen and oxygen atoms in total. The van der Waals surface area contributed by atoms with Crippen molar-refractivity contribution >= 4 is 0 Å². The van der Waals surface area contributed by atoms with Crippen molar-refractivity contribution in [3.63, 3.8) is 0 Å². The molecular weight excluding hydrogens is 168 g/mol. The Bertz CT molecular complexity index is 141. The van der Waals surface area contributed by atoms with E-state index in [-0.39, 0.29) is 24.7 Å². The number of rotatable bonds is 4. The van der Waals surface area contributed by atoms with Gasteiger partial charge in [0.2, 0.25) is 0 Å². The van der Waals surface area contributed by atoms with E-state index in [1.807, 2.05) is 6.92 Å². The van der Waals surface area contributed by atoms with Crippen LogP contribution in [0.1, 0.15) is 32.6 Å². The van der Waals surface area contributed by atoms with Gasteiger partial charge in [-0.3, -0.25) is 0 Å². The van der Waals surface area contributed by atoms with E-state index in [4.69, 9.17) is 4.74 Å². The van der Waals surface area contributed by atoms with Gasteiger partial charge in [-0.25, -0.2) is 0 Å². The van der Waals surface area contributed by atoms with Crippen LogP contribution in [0.25, 0.3) is 0 Å². The molecule has 1 rings (SSSR count). The second kappa shape index (κ2) is 4.94. The third-order valence-corrected chi connectivity index (χ3v) is 3.07. The van der Waals surface area contributed by atoms with Crippen LogP contribution < -0.4 is 0 Å². The van der Waals surface area contributed by atoms with Gasteiger partial charge in [0.05, 0.1) is 19.3 Å². The maximum Gasteiger partial charge on any atom is 0.0675 e. The summed E-state index contributed by atoms with van der Waals surface area (Å²) < 4.78 is 5.56. The van der Waals surface area contributed by atoms with Crippen LogP contribution in [0.3, 0.4) is 0 Å². The number of hydrogen-bond donors (Lipinski definition) is 2. The summed E-state index contributed by atoms with van der Waals surface area (Å²) in [5, 5.41) is 18.6. The first-order chi connectivity index (χ1) is 6.29. The van der Waals surface area contributed by atoms with Crippen molar-refractivity contribution in [3.8, 4) is 0 Å². The standard InChI is InChI=1S/C10H20O3/c1-2-13-9-5-3-4-6-10(9,7-11)8-12/h9,11-12H,2-8H2,1H3. The number of ether oxygens (including phenoxy) is 1. The molecule has 3 heteroatoms. The first kappa shape index (κ1) is 11.0. The maximum atomic E-state index is 9.30. The van der Waals surface area contributed by atoms with Crippen LogP contribution in [-0.4, -0.2) is 36.1 Å². The smallest absolute Gasteiger partial charge is 0.0675 e. The minimum Gasteiger partial charge on any atom is -0.396 e. The van der Waals surface area contributed by atoms with E-state index in [1.165, 1.54) is 0 Å². The highest BCUT2D eigenvalue weighted by Gasteiger charge is 2.40. The van der Waals surface area contributed by atoms with Crippen molar-refractivity contribution < 1.29 is 14.9 Å². The SMILES string of the molecule is CCOC1CCCCC1(CO)CO. The van der Waals surface area contributed by atoms with E-state index in [9.17, 15) is 10.2 Å². The lowest BCUT2D eigenvalue weighted by Crippen LogP contribution is -2.45. The van der Waals surface area contributed by atoms with Crippen molar-refractivity contribution in [1.82, 2.24) is 0 Å². The molecular formula is C10H20O3. The normalized spacial score (nSPS) is 27.5. The zero-order valence-corrected chi connectivity index (χ0v) is 8.33. The molecule has 0 radical (unpaired) electrons. The summed E-state index contributed by atoms with van der Waals surface area (Å²) in [6.07, 6.45) is 4.12. The third-order valence-electron chi connectivity index (χ3n) is 3.07. The van der Waals surface area contributed by atoms with Crippen molar-refractivity contribution in [2.75, 3.05) is 19.8 Å². The van der Waals surface area contributed by atoms with Crippen LogP contribution in [0.5, 0.6) is 0 Å². The molecule has 1 aliphatic rings. The molecule has 1 aliphatic carbocycles.